The van der Waals surface area contributed by atoms with Crippen LogP contribution in [0, 0.1) is 0 Å². The molecule has 3 aromatic rings. The van der Waals surface area contributed by atoms with Gasteiger partial charge >= 0.3 is 0 Å². The van der Waals surface area contributed by atoms with Crippen LogP contribution in [0.5, 0.6) is 11.5 Å². The Morgan fingerprint density at radius 1 is 1.24 bits per heavy atom. The van der Waals surface area contributed by atoms with Gasteiger partial charge in [0.1, 0.15) is 5.82 Å². The fourth-order valence-electron chi connectivity index (χ4n) is 4.10. The third-order valence-electron chi connectivity index (χ3n) is 5.98. The lowest BCUT2D eigenvalue weighted by Gasteiger charge is -2.26. The fraction of sp³-hybridized carbons (Fsp3) is 0.400. The Hall–Kier alpha value is -3.04. The number of methoxy groups -OCH3 is 2. The summed E-state index contributed by atoms with van der Waals surface area (Å²) in [4.78, 5) is 38.6. The second-order valence-corrected chi connectivity index (χ2v) is 9.75. The van der Waals surface area contributed by atoms with E-state index in [2.05, 4.69) is 23.0 Å². The Balaban J connectivity index is 1.56. The Kier molecular flexibility index (Phi) is 7.43. The van der Waals surface area contributed by atoms with Crippen LogP contribution in [0.3, 0.4) is 0 Å². The van der Waals surface area contributed by atoms with Crippen LogP contribution >= 0.6 is 11.8 Å². The summed E-state index contributed by atoms with van der Waals surface area (Å²) < 4.78 is 10.6. The predicted octanol–water partition coefficient (Wildman–Crippen LogP) is 3.68. The Labute approximate surface area is 203 Å². The Morgan fingerprint density at radius 3 is 2.71 bits per heavy atom. The molecule has 2 aromatic carbocycles. The molecule has 1 N–H and O–H groups in total. The molecule has 9 heteroatoms. The van der Waals surface area contributed by atoms with Crippen molar-refractivity contribution in [2.45, 2.75) is 37.0 Å². The summed E-state index contributed by atoms with van der Waals surface area (Å²) in [5.41, 5.74) is 1.23. The van der Waals surface area contributed by atoms with E-state index in [1.165, 1.54) is 7.11 Å². The molecule has 1 amide bonds. The van der Waals surface area contributed by atoms with Crippen molar-refractivity contribution in [2.24, 2.45) is 0 Å². The third kappa shape index (κ3) is 5.05. The van der Waals surface area contributed by atoms with E-state index in [-0.39, 0.29) is 18.0 Å². The number of aromatic amines is 1. The van der Waals surface area contributed by atoms with Gasteiger partial charge in [-0.3, -0.25) is 14.5 Å². The van der Waals surface area contributed by atoms with E-state index in [4.69, 9.17) is 9.47 Å². The second-order valence-electron chi connectivity index (χ2n) is 8.27. The minimum Gasteiger partial charge on any atom is -0.493 e. The highest BCUT2D eigenvalue weighted by atomic mass is 32.2. The monoisotopic (exact) mass is 482 g/mol. The third-order valence-corrected chi connectivity index (χ3v) is 7.22. The molecule has 8 nitrogen and oxygen atoms in total. The molecule has 1 aliphatic heterocycles. The second kappa shape index (κ2) is 10.5. The molecule has 1 aromatic heterocycles. The maximum atomic E-state index is 13.4. The maximum Gasteiger partial charge on any atom is 0.258 e. The molecule has 0 saturated carbocycles. The molecule has 0 aliphatic carbocycles. The summed E-state index contributed by atoms with van der Waals surface area (Å²) in [7, 11) is 3.07. The number of para-hydroxylation sites is 1. The quantitative estimate of drug-likeness (QED) is 0.550. The van der Waals surface area contributed by atoms with E-state index in [0.29, 0.717) is 53.1 Å². The van der Waals surface area contributed by atoms with Gasteiger partial charge in [0.15, 0.2) is 11.5 Å². The van der Waals surface area contributed by atoms with Crippen LogP contribution < -0.4 is 19.9 Å². The molecule has 0 spiro atoms. The highest BCUT2D eigenvalue weighted by Gasteiger charge is 2.25. The topological polar surface area (TPSA) is 87.8 Å². The van der Waals surface area contributed by atoms with Crippen molar-refractivity contribution in [2.75, 3.05) is 38.8 Å². The molecular weight excluding hydrogens is 452 g/mol. The number of amides is 1. The van der Waals surface area contributed by atoms with Crippen molar-refractivity contribution < 1.29 is 14.3 Å². The van der Waals surface area contributed by atoms with Crippen LogP contribution in [0.1, 0.15) is 26.1 Å². The lowest BCUT2D eigenvalue weighted by Crippen LogP contribution is -2.41. The molecule has 0 radical (unpaired) electrons. The number of thioether (sulfide) groups is 1. The van der Waals surface area contributed by atoms with Gasteiger partial charge in [-0.1, -0.05) is 26.0 Å². The molecule has 1 aliphatic rings. The highest BCUT2D eigenvalue weighted by Crippen LogP contribution is 2.37. The average molecular weight is 483 g/mol. The van der Waals surface area contributed by atoms with Crippen LogP contribution in [0.25, 0.3) is 10.9 Å². The van der Waals surface area contributed by atoms with Crippen molar-refractivity contribution in [3.8, 4) is 11.5 Å². The molecule has 180 valence electrons. The van der Waals surface area contributed by atoms with E-state index in [1.807, 2.05) is 46.7 Å². The first-order valence-corrected chi connectivity index (χ1v) is 12.2. The summed E-state index contributed by atoms with van der Waals surface area (Å²) >= 11 is 1.81. The molecule has 4 rings (SSSR count). The van der Waals surface area contributed by atoms with Crippen LogP contribution in [0.2, 0.25) is 0 Å². The van der Waals surface area contributed by atoms with Gasteiger partial charge in [0.25, 0.3) is 5.56 Å². The largest absolute Gasteiger partial charge is 0.493 e. The van der Waals surface area contributed by atoms with Crippen LogP contribution in [0.4, 0.5) is 5.69 Å². The molecule has 0 saturated heterocycles. The van der Waals surface area contributed by atoms with Gasteiger partial charge in [-0.05, 0) is 31.2 Å². The van der Waals surface area contributed by atoms with Crippen LogP contribution in [0.15, 0.2) is 46.1 Å². The summed E-state index contributed by atoms with van der Waals surface area (Å²) in [6.45, 7) is 6.10. The van der Waals surface area contributed by atoms with Crippen molar-refractivity contribution >= 4 is 34.3 Å². The normalized spacial score (nSPS) is 15.8. The van der Waals surface area contributed by atoms with E-state index in [9.17, 15) is 9.59 Å². The number of carbonyl (C=O) groups is 1. The number of benzene rings is 2. The molecule has 1 atom stereocenters. The standard InChI is InChI=1S/C25H30N4O4S/c1-5-28(15-24(30)29-11-10-16(2)34-22-9-7-6-8-19(22)29)14-23-26-18-13-21(33-4)20(32-3)12-17(18)25(31)27-23/h6-9,12-13,16H,5,10-11,14-15H2,1-4H3,(H,26,27,31)/t16-/m0/s1. The van der Waals surface area contributed by atoms with Crippen molar-refractivity contribution in [1.29, 1.82) is 0 Å². The minimum atomic E-state index is -0.254. The number of fused-ring (bicyclic) bond motifs is 2. The average Bonchev–Trinajstić information content (AvgIpc) is 3.00. The molecule has 2 heterocycles. The van der Waals surface area contributed by atoms with E-state index in [1.54, 1.807) is 19.2 Å². The molecular formula is C25H30N4O4S. The SMILES string of the molecule is CCN(CC(=O)N1CC[C@H](C)Sc2ccccc21)Cc1nc2cc(OC)c(OC)cc2c(=O)[nH]1. The molecule has 34 heavy (non-hydrogen) atoms. The van der Waals surface area contributed by atoms with Crippen molar-refractivity contribution in [3.05, 3.63) is 52.6 Å². The van der Waals surface area contributed by atoms with Gasteiger partial charge < -0.3 is 19.4 Å². The number of hydrogen-bond acceptors (Lipinski definition) is 7. The highest BCUT2D eigenvalue weighted by molar-refractivity contribution is 8.00. The number of carbonyl (C=O) groups excluding carboxylic acids is 1. The number of aromatic nitrogens is 2. The van der Waals surface area contributed by atoms with E-state index >= 15 is 0 Å². The number of hydrogen-bond donors (Lipinski definition) is 1. The van der Waals surface area contributed by atoms with E-state index < -0.39 is 0 Å². The van der Waals surface area contributed by atoms with Gasteiger partial charge in [0, 0.05) is 22.8 Å². The smallest absolute Gasteiger partial charge is 0.258 e. The number of rotatable bonds is 7. The number of nitrogens with zero attached hydrogens (tertiary/aromatic N) is 3. The summed E-state index contributed by atoms with van der Waals surface area (Å²) in [5, 5.41) is 0.872. The first-order chi connectivity index (χ1) is 16.4. The van der Waals surface area contributed by atoms with Gasteiger partial charge in [0.2, 0.25) is 5.91 Å². The summed E-state index contributed by atoms with van der Waals surface area (Å²) in [6, 6.07) is 11.4. The van der Waals surface area contributed by atoms with Crippen LogP contribution in [-0.2, 0) is 11.3 Å². The Morgan fingerprint density at radius 2 is 1.97 bits per heavy atom. The molecule has 0 unspecified atom stereocenters. The van der Waals surface area contributed by atoms with E-state index in [0.717, 1.165) is 17.0 Å². The zero-order chi connectivity index (χ0) is 24.2. The summed E-state index contributed by atoms with van der Waals surface area (Å²) in [5.74, 6) is 1.52. The summed E-state index contributed by atoms with van der Waals surface area (Å²) in [6.07, 6.45) is 0.933. The fourth-order valence-corrected chi connectivity index (χ4v) is 5.22. The zero-order valence-corrected chi connectivity index (χ0v) is 20.8. The zero-order valence-electron chi connectivity index (χ0n) is 20.0. The first kappa shape index (κ1) is 24.1. The van der Waals surface area contributed by atoms with Crippen molar-refractivity contribution in [1.82, 2.24) is 14.9 Å². The number of H-pyrrole nitrogens is 1. The number of ether oxygens (including phenoxy) is 2. The number of nitrogens with one attached hydrogen (secondary N) is 1. The van der Waals surface area contributed by atoms with Gasteiger partial charge in [-0.2, -0.15) is 0 Å². The predicted molar refractivity (Wildman–Crippen MR) is 135 cm³/mol. The minimum absolute atomic E-state index is 0.0403. The lowest BCUT2D eigenvalue weighted by molar-refractivity contribution is -0.119. The molecule has 0 fully saturated rings. The first-order valence-electron chi connectivity index (χ1n) is 11.4. The maximum absolute atomic E-state index is 13.4. The van der Waals surface area contributed by atoms with Crippen LogP contribution in [-0.4, -0.2) is 59.9 Å². The van der Waals surface area contributed by atoms with Crippen molar-refractivity contribution in [3.63, 3.8) is 0 Å². The Bertz CT molecular complexity index is 1250. The van der Waals surface area contributed by atoms with Gasteiger partial charge in [-0.15, -0.1) is 11.8 Å². The number of likely N-dealkylation sites (N-methyl/N-ethyl adjacent to an activating group) is 1. The molecule has 0 bridgehead atoms. The van der Waals surface area contributed by atoms with Gasteiger partial charge in [0.05, 0.1) is 43.9 Å². The number of anilines is 1. The lowest BCUT2D eigenvalue weighted by atomic mass is 10.2. The van der Waals surface area contributed by atoms with Gasteiger partial charge in [-0.25, -0.2) is 4.98 Å².